The smallest absolute Gasteiger partial charge is 0.162 e. The topological polar surface area (TPSA) is 12.5 Å². The van der Waals surface area contributed by atoms with Crippen LogP contribution in [0, 0.1) is 12.8 Å². The molecule has 0 amide bonds. The largest absolute Gasteiger partial charge is 0.368 e. The van der Waals surface area contributed by atoms with Gasteiger partial charge in [0.05, 0.1) is 6.54 Å². The van der Waals surface area contributed by atoms with Crippen LogP contribution >= 0.6 is 11.6 Å². The highest BCUT2D eigenvalue weighted by molar-refractivity contribution is 6.24. The molecular weight excluding hydrogens is 246 g/mol. The summed E-state index contributed by atoms with van der Waals surface area (Å²) in [6.45, 7) is 4.08. The quantitative estimate of drug-likeness (QED) is 0.569. The monoisotopic (exact) mass is 261 g/mol. The van der Waals surface area contributed by atoms with Crippen LogP contribution in [0.25, 0.3) is 0 Å². The van der Waals surface area contributed by atoms with Crippen molar-refractivity contribution in [2.45, 2.75) is 24.0 Å². The lowest BCUT2D eigenvalue weighted by atomic mass is 9.86. The van der Waals surface area contributed by atoms with Crippen LogP contribution in [0.4, 0.5) is 5.69 Å². The molecule has 3 unspecified atom stereocenters. The molecule has 3 aliphatic rings. The summed E-state index contributed by atoms with van der Waals surface area (Å²) in [6.07, 6.45) is 5.15. The van der Waals surface area contributed by atoms with E-state index < -0.39 is 5.06 Å². The number of ether oxygens (including phenoxy) is 1. The van der Waals surface area contributed by atoms with Crippen molar-refractivity contribution in [3.63, 3.8) is 0 Å². The fourth-order valence-corrected chi connectivity index (χ4v) is 3.89. The van der Waals surface area contributed by atoms with E-state index in [0.29, 0.717) is 5.92 Å². The van der Waals surface area contributed by atoms with Crippen LogP contribution in [0.3, 0.4) is 0 Å². The lowest BCUT2D eigenvalue weighted by Gasteiger charge is -2.24. The van der Waals surface area contributed by atoms with Crippen LogP contribution in [0.15, 0.2) is 36.4 Å². The van der Waals surface area contributed by atoms with Gasteiger partial charge in [0.1, 0.15) is 5.60 Å². The molecule has 0 saturated carbocycles. The number of hydrogen-bond donors (Lipinski definition) is 0. The van der Waals surface area contributed by atoms with Gasteiger partial charge in [-0.2, -0.15) is 0 Å². The maximum Gasteiger partial charge on any atom is 0.162 e. The number of nitrogens with zero attached hydrogens (tertiary/aromatic N) is 1. The van der Waals surface area contributed by atoms with E-state index in [4.69, 9.17) is 16.3 Å². The lowest BCUT2D eigenvalue weighted by Crippen LogP contribution is -2.33. The number of aryl methyl sites for hydroxylation is 1. The van der Waals surface area contributed by atoms with E-state index in [9.17, 15) is 0 Å². The third-order valence-corrected chi connectivity index (χ3v) is 4.83. The van der Waals surface area contributed by atoms with Crippen molar-refractivity contribution >= 4 is 17.3 Å². The Kier molecular flexibility index (Phi) is 2.00. The van der Waals surface area contributed by atoms with Crippen LogP contribution in [-0.2, 0) is 4.74 Å². The van der Waals surface area contributed by atoms with Gasteiger partial charge in [0.2, 0.25) is 0 Å². The van der Waals surface area contributed by atoms with Crippen molar-refractivity contribution in [1.82, 2.24) is 0 Å². The normalized spacial score (nSPS) is 40.6. The maximum absolute atomic E-state index is 6.38. The Morgan fingerprint density at radius 3 is 2.72 bits per heavy atom. The van der Waals surface area contributed by atoms with E-state index in [-0.39, 0.29) is 5.60 Å². The molecule has 2 saturated heterocycles. The molecule has 0 aliphatic carbocycles. The first-order chi connectivity index (χ1) is 8.59. The zero-order valence-corrected chi connectivity index (χ0v) is 11.2. The van der Waals surface area contributed by atoms with Crippen molar-refractivity contribution in [2.24, 2.45) is 5.92 Å². The number of alkyl halides is 1. The molecule has 2 nitrogen and oxygen atoms in total. The number of hydrogen-bond acceptors (Lipinski definition) is 2. The average Bonchev–Trinajstić information content (AvgIpc) is 2.91. The second kappa shape index (κ2) is 3.31. The Hall–Kier alpha value is -0.990. The van der Waals surface area contributed by atoms with Gasteiger partial charge in [0.25, 0.3) is 0 Å². The van der Waals surface area contributed by atoms with Gasteiger partial charge in [-0.3, -0.25) is 0 Å². The number of anilines is 1. The van der Waals surface area contributed by atoms with Crippen LogP contribution in [-0.4, -0.2) is 23.8 Å². The first-order valence-corrected chi connectivity index (χ1v) is 6.88. The van der Waals surface area contributed by atoms with Gasteiger partial charge < -0.3 is 9.64 Å². The van der Waals surface area contributed by atoms with Crippen molar-refractivity contribution in [1.29, 1.82) is 0 Å². The van der Waals surface area contributed by atoms with Crippen LogP contribution in [0.2, 0.25) is 0 Å². The minimum absolute atomic E-state index is 0.132. The van der Waals surface area contributed by atoms with Gasteiger partial charge in [-0.15, -0.1) is 0 Å². The molecule has 3 heterocycles. The minimum Gasteiger partial charge on any atom is -0.368 e. The molecule has 1 aromatic carbocycles. The van der Waals surface area contributed by atoms with E-state index in [2.05, 4.69) is 42.2 Å². The van der Waals surface area contributed by atoms with E-state index >= 15 is 0 Å². The van der Waals surface area contributed by atoms with Gasteiger partial charge in [-0.25, -0.2) is 0 Å². The number of rotatable bonds is 1. The summed E-state index contributed by atoms with van der Waals surface area (Å²) in [7, 11) is 0. The first-order valence-electron chi connectivity index (χ1n) is 6.50. The molecule has 1 aromatic rings. The molecule has 3 atom stereocenters. The summed E-state index contributed by atoms with van der Waals surface area (Å²) in [4.78, 5) is 2.41. The van der Waals surface area contributed by atoms with E-state index in [0.717, 1.165) is 19.5 Å². The number of halogens is 1. The van der Waals surface area contributed by atoms with Gasteiger partial charge in [0, 0.05) is 24.6 Å². The predicted octanol–water partition coefficient (Wildman–Crippen LogP) is 3.10. The van der Waals surface area contributed by atoms with Gasteiger partial charge in [0.15, 0.2) is 5.06 Å². The van der Waals surface area contributed by atoms with Crippen LogP contribution in [0.5, 0.6) is 0 Å². The average molecular weight is 262 g/mol. The summed E-state index contributed by atoms with van der Waals surface area (Å²) < 4.78 is 6.06. The molecule has 3 aliphatic heterocycles. The highest BCUT2D eigenvalue weighted by atomic mass is 35.5. The Morgan fingerprint density at radius 1 is 1.28 bits per heavy atom. The molecule has 2 fully saturated rings. The fraction of sp³-hybridized carbons (Fsp3) is 0.467. The summed E-state index contributed by atoms with van der Waals surface area (Å²) in [6, 6.07) is 8.72. The van der Waals surface area contributed by atoms with Crippen molar-refractivity contribution < 1.29 is 4.74 Å². The van der Waals surface area contributed by atoms with Crippen molar-refractivity contribution in [3.05, 3.63) is 42.0 Å². The Labute approximate surface area is 112 Å². The van der Waals surface area contributed by atoms with Crippen LogP contribution < -0.4 is 4.90 Å². The second-order valence-corrected chi connectivity index (χ2v) is 6.43. The zero-order chi connectivity index (χ0) is 12.4. The summed E-state index contributed by atoms with van der Waals surface area (Å²) in [5, 5.41) is -0.510. The number of benzene rings is 1. The maximum atomic E-state index is 6.38. The highest BCUT2D eigenvalue weighted by Gasteiger charge is 2.61. The molecule has 0 aromatic heterocycles. The first kappa shape index (κ1) is 10.9. The molecule has 18 heavy (non-hydrogen) atoms. The number of fused-ring (bicyclic) bond motifs is 1. The van der Waals surface area contributed by atoms with Crippen LogP contribution in [0.1, 0.15) is 12.0 Å². The third kappa shape index (κ3) is 1.39. The third-order valence-electron chi connectivity index (χ3n) is 4.47. The lowest BCUT2D eigenvalue weighted by molar-refractivity contribution is 0.0152. The molecule has 0 radical (unpaired) electrons. The molecule has 3 heteroatoms. The SMILES string of the molecule is Cc1ccc(N2CC3CC4(Cl)C=CC3(C2)O4)cc1. The molecule has 4 rings (SSSR count). The van der Waals surface area contributed by atoms with Crippen molar-refractivity contribution in [3.8, 4) is 0 Å². The Balaban J connectivity index is 1.62. The predicted molar refractivity (Wildman–Crippen MR) is 73.0 cm³/mol. The van der Waals surface area contributed by atoms with Gasteiger partial charge in [-0.05, 0) is 25.1 Å². The van der Waals surface area contributed by atoms with E-state index in [1.807, 2.05) is 6.08 Å². The van der Waals surface area contributed by atoms with Gasteiger partial charge in [-0.1, -0.05) is 35.4 Å². The highest BCUT2D eigenvalue weighted by Crippen LogP contribution is 2.55. The summed E-state index contributed by atoms with van der Waals surface area (Å²) in [5.41, 5.74) is 2.45. The van der Waals surface area contributed by atoms with Gasteiger partial charge >= 0.3 is 0 Å². The zero-order valence-electron chi connectivity index (χ0n) is 10.4. The Bertz CT molecular complexity index is 526. The summed E-state index contributed by atoms with van der Waals surface area (Å²) >= 11 is 6.38. The van der Waals surface area contributed by atoms with E-state index in [1.54, 1.807) is 0 Å². The second-order valence-electron chi connectivity index (χ2n) is 5.79. The molecule has 0 N–H and O–H groups in total. The fourth-order valence-electron chi connectivity index (χ4n) is 3.50. The standard InChI is InChI=1S/C15H16ClNO/c1-11-2-4-13(5-3-11)17-9-12-8-15(16)7-6-14(12,10-17)18-15/h2-7,12H,8-10H2,1H3. The molecular formula is C15H16ClNO. The summed E-state index contributed by atoms with van der Waals surface area (Å²) in [5.74, 6) is 0.529. The van der Waals surface area contributed by atoms with Crippen molar-refractivity contribution in [2.75, 3.05) is 18.0 Å². The minimum atomic E-state index is -0.510. The molecule has 1 spiro atoms. The Morgan fingerprint density at radius 2 is 2.06 bits per heavy atom. The van der Waals surface area contributed by atoms with E-state index in [1.165, 1.54) is 11.3 Å². The molecule has 94 valence electrons. The molecule has 2 bridgehead atoms.